The number of methoxy groups -OCH3 is 1. The molecule has 0 saturated heterocycles. The lowest BCUT2D eigenvalue weighted by Crippen LogP contribution is -2.45. The van der Waals surface area contributed by atoms with Crippen molar-refractivity contribution >= 4 is 44.9 Å². The molecule has 0 aliphatic heterocycles. The first-order valence-electron chi connectivity index (χ1n) is 9.41. The first kappa shape index (κ1) is 24.5. The Hall–Kier alpha value is -2.78. The van der Waals surface area contributed by atoms with Crippen molar-refractivity contribution in [1.29, 1.82) is 0 Å². The molecule has 1 N–H and O–H groups in total. The fraction of sp³-hybridized carbons (Fsp3) is 0.333. The fourth-order valence-electron chi connectivity index (χ4n) is 3.05. The zero-order valence-corrected chi connectivity index (χ0v) is 19.5. The number of halogens is 1. The predicted octanol–water partition coefficient (Wildman–Crippen LogP) is 3.63. The van der Waals surface area contributed by atoms with Gasteiger partial charge < -0.3 is 14.8 Å². The third-order valence-electron chi connectivity index (χ3n) is 4.55. The average molecular weight is 469 g/mol. The topological polar surface area (TPSA) is 102 Å². The molecule has 2 rings (SSSR count). The molecule has 1 amide bonds. The third-order valence-corrected chi connectivity index (χ3v) is 6.02. The number of nitrogens with zero attached hydrogens (tertiary/aromatic N) is 1. The molecule has 0 aliphatic rings. The zero-order valence-electron chi connectivity index (χ0n) is 17.9. The Morgan fingerprint density at radius 2 is 1.90 bits per heavy atom. The van der Waals surface area contributed by atoms with Gasteiger partial charge in [0.2, 0.25) is 15.9 Å². The summed E-state index contributed by atoms with van der Waals surface area (Å²) < 4.78 is 36.4. The molecule has 2 aromatic carbocycles. The van der Waals surface area contributed by atoms with Crippen LogP contribution in [0.5, 0.6) is 5.75 Å². The van der Waals surface area contributed by atoms with E-state index in [2.05, 4.69) is 5.32 Å². The van der Waals surface area contributed by atoms with Crippen LogP contribution in [-0.2, 0) is 19.6 Å². The summed E-state index contributed by atoms with van der Waals surface area (Å²) in [6, 6.07) is 8.16. The molecule has 0 unspecified atom stereocenters. The van der Waals surface area contributed by atoms with E-state index in [9.17, 15) is 18.0 Å². The van der Waals surface area contributed by atoms with Crippen LogP contribution >= 0.6 is 11.6 Å². The van der Waals surface area contributed by atoms with Gasteiger partial charge in [0.25, 0.3) is 0 Å². The van der Waals surface area contributed by atoms with Crippen molar-refractivity contribution in [2.75, 3.05) is 29.6 Å². The number of esters is 1. The molecule has 0 saturated carbocycles. The minimum Gasteiger partial charge on any atom is -0.495 e. The minimum absolute atomic E-state index is 0.136. The summed E-state index contributed by atoms with van der Waals surface area (Å²) in [5.74, 6) is -0.864. The quantitative estimate of drug-likeness (QED) is 0.593. The van der Waals surface area contributed by atoms with Crippen molar-refractivity contribution in [1.82, 2.24) is 0 Å². The average Bonchev–Trinajstić information content (AvgIpc) is 2.68. The molecule has 0 aromatic heterocycles. The second-order valence-corrected chi connectivity index (χ2v) is 9.03. The van der Waals surface area contributed by atoms with Gasteiger partial charge in [0.1, 0.15) is 11.8 Å². The van der Waals surface area contributed by atoms with E-state index in [0.29, 0.717) is 16.8 Å². The molecule has 0 spiro atoms. The normalized spacial score (nSPS) is 12.1. The van der Waals surface area contributed by atoms with E-state index in [1.165, 1.54) is 26.2 Å². The molecule has 1 atom stereocenters. The Balaban J connectivity index is 2.42. The molecule has 0 radical (unpaired) electrons. The van der Waals surface area contributed by atoms with Crippen LogP contribution in [0, 0.1) is 6.92 Å². The number of ether oxygens (including phenoxy) is 2. The lowest BCUT2D eigenvalue weighted by Gasteiger charge is -2.29. The standard InChI is InChI=1S/C21H25ClN2O6S/c1-6-30-21(26)16-8-7-9-17(13(16)2)23-20(25)14(3)24(31(5,27)28)18-12-15(22)10-11-19(18)29-4/h7-12,14H,6H2,1-5H3,(H,23,25)/t14-/m1/s1. The molecule has 0 heterocycles. The Kier molecular flexibility index (Phi) is 7.91. The van der Waals surface area contributed by atoms with Crippen molar-refractivity contribution in [3.63, 3.8) is 0 Å². The van der Waals surface area contributed by atoms with E-state index in [4.69, 9.17) is 21.1 Å². The number of carbonyl (C=O) groups is 2. The summed E-state index contributed by atoms with van der Waals surface area (Å²) >= 11 is 6.05. The molecule has 0 aliphatic carbocycles. The number of anilines is 2. The Morgan fingerprint density at radius 1 is 1.23 bits per heavy atom. The molecule has 0 fully saturated rings. The second kappa shape index (κ2) is 10.0. The third kappa shape index (κ3) is 5.68. The molecule has 0 bridgehead atoms. The van der Waals surface area contributed by atoms with Crippen molar-refractivity contribution in [3.8, 4) is 5.75 Å². The van der Waals surface area contributed by atoms with Crippen LogP contribution in [0.3, 0.4) is 0 Å². The monoisotopic (exact) mass is 468 g/mol. The molecule has 10 heteroatoms. The smallest absolute Gasteiger partial charge is 0.338 e. The number of benzene rings is 2. The second-order valence-electron chi connectivity index (χ2n) is 6.74. The van der Waals surface area contributed by atoms with Crippen molar-refractivity contribution in [3.05, 3.63) is 52.5 Å². The highest BCUT2D eigenvalue weighted by Crippen LogP contribution is 2.34. The maximum Gasteiger partial charge on any atom is 0.338 e. The minimum atomic E-state index is -3.88. The van der Waals surface area contributed by atoms with Crippen molar-refractivity contribution < 1.29 is 27.5 Å². The maximum atomic E-state index is 13.0. The van der Waals surface area contributed by atoms with Crippen LogP contribution in [0.2, 0.25) is 5.02 Å². The van der Waals surface area contributed by atoms with E-state index in [1.807, 2.05) is 0 Å². The highest BCUT2D eigenvalue weighted by Gasteiger charge is 2.32. The van der Waals surface area contributed by atoms with Crippen molar-refractivity contribution in [2.24, 2.45) is 0 Å². The Morgan fingerprint density at radius 3 is 2.48 bits per heavy atom. The van der Waals surface area contributed by atoms with Gasteiger partial charge in [0.15, 0.2) is 0 Å². The first-order chi connectivity index (χ1) is 14.5. The van der Waals surface area contributed by atoms with Crippen LogP contribution in [0.4, 0.5) is 11.4 Å². The summed E-state index contributed by atoms with van der Waals surface area (Å²) in [6.07, 6.45) is 0.990. The van der Waals surface area contributed by atoms with Crippen molar-refractivity contribution in [2.45, 2.75) is 26.8 Å². The van der Waals surface area contributed by atoms with Gasteiger partial charge in [-0.25, -0.2) is 13.2 Å². The molecular weight excluding hydrogens is 444 g/mol. The van der Waals surface area contributed by atoms with E-state index < -0.39 is 27.9 Å². The molecule has 8 nitrogen and oxygen atoms in total. The Bertz CT molecular complexity index is 1090. The number of sulfonamides is 1. The number of carbonyl (C=O) groups excluding carboxylic acids is 2. The maximum absolute atomic E-state index is 13.0. The predicted molar refractivity (Wildman–Crippen MR) is 121 cm³/mol. The number of amides is 1. The van der Waals surface area contributed by atoms with Crippen LogP contribution in [0.15, 0.2) is 36.4 Å². The summed E-state index contributed by atoms with van der Waals surface area (Å²) in [5, 5.41) is 2.98. The van der Waals surface area contributed by atoms with E-state index in [1.54, 1.807) is 38.1 Å². The lowest BCUT2D eigenvalue weighted by molar-refractivity contribution is -0.116. The van der Waals surface area contributed by atoms with Gasteiger partial charge in [0, 0.05) is 10.7 Å². The van der Waals surface area contributed by atoms with Crippen LogP contribution < -0.4 is 14.4 Å². The highest BCUT2D eigenvalue weighted by molar-refractivity contribution is 7.92. The molecule has 168 valence electrons. The zero-order chi connectivity index (χ0) is 23.3. The molecule has 2 aromatic rings. The van der Waals surface area contributed by atoms with Gasteiger partial charge in [-0.1, -0.05) is 17.7 Å². The number of nitrogens with one attached hydrogen (secondary N) is 1. The summed E-state index contributed by atoms with van der Waals surface area (Å²) in [7, 11) is -2.49. The molecular formula is C21H25ClN2O6S. The largest absolute Gasteiger partial charge is 0.495 e. The SMILES string of the molecule is CCOC(=O)c1cccc(NC(=O)[C@@H](C)N(c2cc(Cl)ccc2OC)S(C)(=O)=O)c1C. The number of rotatable bonds is 8. The van der Waals surface area contributed by atoms with E-state index >= 15 is 0 Å². The van der Waals surface area contributed by atoms with Gasteiger partial charge >= 0.3 is 5.97 Å². The van der Waals surface area contributed by atoms with E-state index in [0.717, 1.165) is 10.6 Å². The number of hydrogen-bond donors (Lipinski definition) is 1. The van der Waals surface area contributed by atoms with Gasteiger partial charge in [-0.05, 0) is 56.7 Å². The van der Waals surface area contributed by atoms with Crippen LogP contribution in [0.1, 0.15) is 29.8 Å². The summed E-state index contributed by atoms with van der Waals surface area (Å²) in [5.41, 5.74) is 1.32. The van der Waals surface area contributed by atoms with Gasteiger partial charge in [-0.3, -0.25) is 9.10 Å². The van der Waals surface area contributed by atoms with Gasteiger partial charge in [-0.15, -0.1) is 0 Å². The summed E-state index contributed by atoms with van der Waals surface area (Å²) in [6.45, 7) is 5.03. The molecule has 31 heavy (non-hydrogen) atoms. The van der Waals surface area contributed by atoms with Gasteiger partial charge in [0.05, 0.1) is 31.2 Å². The fourth-order valence-corrected chi connectivity index (χ4v) is 4.39. The number of hydrogen-bond acceptors (Lipinski definition) is 6. The van der Waals surface area contributed by atoms with E-state index in [-0.39, 0.29) is 23.1 Å². The van der Waals surface area contributed by atoms with Gasteiger partial charge in [-0.2, -0.15) is 0 Å². The van der Waals surface area contributed by atoms with Crippen LogP contribution in [0.25, 0.3) is 0 Å². The highest BCUT2D eigenvalue weighted by atomic mass is 35.5. The Labute approximate surface area is 187 Å². The van der Waals surface area contributed by atoms with Crippen LogP contribution in [-0.4, -0.2) is 46.3 Å². The lowest BCUT2D eigenvalue weighted by atomic mass is 10.1. The first-order valence-corrected chi connectivity index (χ1v) is 11.6. The summed E-state index contributed by atoms with van der Waals surface area (Å²) in [4.78, 5) is 25.1.